The number of morpholine rings is 1. The maximum Gasteiger partial charge on any atom is 0.335 e. The summed E-state index contributed by atoms with van der Waals surface area (Å²) >= 11 is 1.54. The molecule has 0 spiro atoms. The van der Waals surface area contributed by atoms with Crippen LogP contribution in [0.25, 0.3) is 26.8 Å². The van der Waals surface area contributed by atoms with Gasteiger partial charge in [-0.15, -0.1) is 0 Å². The first-order valence-electron chi connectivity index (χ1n) is 10.2. The molecule has 7 nitrogen and oxygen atoms in total. The summed E-state index contributed by atoms with van der Waals surface area (Å²) in [4.78, 5) is 18.9. The highest BCUT2D eigenvalue weighted by molar-refractivity contribution is 7.19. The first kappa shape index (κ1) is 19.7. The fourth-order valence-corrected chi connectivity index (χ4v) is 4.95. The van der Waals surface area contributed by atoms with Gasteiger partial charge in [0.15, 0.2) is 0 Å². The number of benzene rings is 2. The zero-order valence-electron chi connectivity index (χ0n) is 17.2. The zero-order chi connectivity index (χ0) is 21.5. The van der Waals surface area contributed by atoms with Crippen molar-refractivity contribution in [3.63, 3.8) is 0 Å². The number of aromatic nitrogens is 3. The molecule has 0 bridgehead atoms. The Morgan fingerprint density at radius 1 is 1.10 bits per heavy atom. The standard InChI is InChI=1S/C23H22N4O3S/c1-14-11-26(12-15(2)30-14)20-6-4-3-5-18(20)21-25-27-13-19(24-23(27)31-21)16-7-9-17(10-8-16)22(28)29/h3-10,13-15H,11-12H2,1-2H3,(H,28,29). The minimum atomic E-state index is -0.939. The van der Waals surface area contributed by atoms with Crippen molar-refractivity contribution in [2.24, 2.45) is 0 Å². The van der Waals surface area contributed by atoms with Crippen LogP contribution < -0.4 is 4.90 Å². The molecule has 1 fully saturated rings. The number of para-hydroxylation sites is 1. The minimum Gasteiger partial charge on any atom is -0.478 e. The molecule has 1 aliphatic heterocycles. The molecular weight excluding hydrogens is 412 g/mol. The minimum absolute atomic E-state index is 0.181. The van der Waals surface area contributed by atoms with E-state index in [0.717, 1.165) is 45.6 Å². The van der Waals surface area contributed by atoms with Gasteiger partial charge < -0.3 is 14.7 Å². The van der Waals surface area contributed by atoms with E-state index in [-0.39, 0.29) is 17.8 Å². The normalized spacial score (nSPS) is 19.1. The number of hydrogen-bond donors (Lipinski definition) is 1. The number of carbonyl (C=O) groups is 1. The second-order valence-electron chi connectivity index (χ2n) is 7.82. The first-order chi connectivity index (χ1) is 15.0. The van der Waals surface area contributed by atoms with Crippen LogP contribution in [-0.2, 0) is 4.74 Å². The Morgan fingerprint density at radius 2 is 1.81 bits per heavy atom. The van der Waals surface area contributed by atoms with Crippen molar-refractivity contribution in [1.29, 1.82) is 0 Å². The molecule has 0 amide bonds. The third-order valence-electron chi connectivity index (χ3n) is 5.37. The Hall–Kier alpha value is -3.23. The molecule has 2 aromatic carbocycles. The molecule has 0 aliphatic carbocycles. The lowest BCUT2D eigenvalue weighted by Crippen LogP contribution is -2.45. The molecule has 0 radical (unpaired) electrons. The summed E-state index contributed by atoms with van der Waals surface area (Å²) in [6.07, 6.45) is 2.24. The highest BCUT2D eigenvalue weighted by Gasteiger charge is 2.25. The van der Waals surface area contributed by atoms with Crippen LogP contribution in [0.2, 0.25) is 0 Å². The highest BCUT2D eigenvalue weighted by atomic mass is 32.1. The number of rotatable bonds is 4. The van der Waals surface area contributed by atoms with E-state index in [1.54, 1.807) is 40.1 Å². The zero-order valence-corrected chi connectivity index (χ0v) is 18.0. The molecular formula is C23H22N4O3S. The summed E-state index contributed by atoms with van der Waals surface area (Å²) in [5.74, 6) is -0.939. The van der Waals surface area contributed by atoms with Crippen molar-refractivity contribution >= 4 is 28.0 Å². The van der Waals surface area contributed by atoms with Crippen molar-refractivity contribution in [2.75, 3.05) is 18.0 Å². The van der Waals surface area contributed by atoms with Gasteiger partial charge in [0.05, 0.1) is 29.7 Å². The van der Waals surface area contributed by atoms with Gasteiger partial charge in [0, 0.05) is 29.9 Å². The van der Waals surface area contributed by atoms with Crippen LogP contribution in [0.3, 0.4) is 0 Å². The molecule has 3 heterocycles. The smallest absolute Gasteiger partial charge is 0.335 e. The molecule has 0 saturated carbocycles. The topological polar surface area (TPSA) is 80.0 Å². The van der Waals surface area contributed by atoms with Gasteiger partial charge in [-0.1, -0.05) is 35.6 Å². The van der Waals surface area contributed by atoms with E-state index in [2.05, 4.69) is 36.9 Å². The van der Waals surface area contributed by atoms with Crippen LogP contribution in [-0.4, -0.2) is 51.0 Å². The van der Waals surface area contributed by atoms with E-state index in [1.165, 1.54) is 0 Å². The van der Waals surface area contributed by atoms with Gasteiger partial charge in [0.1, 0.15) is 5.01 Å². The van der Waals surface area contributed by atoms with Crippen LogP contribution >= 0.6 is 11.3 Å². The Bertz CT molecular complexity index is 1210. The van der Waals surface area contributed by atoms with Crippen LogP contribution in [0.5, 0.6) is 0 Å². The summed E-state index contributed by atoms with van der Waals surface area (Å²) in [7, 11) is 0. The molecule has 31 heavy (non-hydrogen) atoms. The van der Waals surface area contributed by atoms with Crippen molar-refractivity contribution in [2.45, 2.75) is 26.1 Å². The molecule has 5 rings (SSSR count). The van der Waals surface area contributed by atoms with Gasteiger partial charge in [0.25, 0.3) is 0 Å². The number of nitrogens with zero attached hydrogens (tertiary/aromatic N) is 4. The molecule has 8 heteroatoms. The molecule has 2 aromatic heterocycles. The number of fused-ring (bicyclic) bond motifs is 1. The summed E-state index contributed by atoms with van der Waals surface area (Å²) in [6.45, 7) is 5.90. The van der Waals surface area contributed by atoms with Crippen molar-refractivity contribution in [1.82, 2.24) is 14.6 Å². The van der Waals surface area contributed by atoms with Gasteiger partial charge in [-0.2, -0.15) is 5.10 Å². The Morgan fingerprint density at radius 3 is 2.48 bits per heavy atom. The van der Waals surface area contributed by atoms with Gasteiger partial charge in [-0.3, -0.25) is 0 Å². The van der Waals surface area contributed by atoms with Crippen molar-refractivity contribution in [3.05, 3.63) is 60.3 Å². The number of imidazole rings is 1. The van der Waals surface area contributed by atoms with E-state index in [0.29, 0.717) is 0 Å². The number of hydrogen-bond acceptors (Lipinski definition) is 6. The Balaban J connectivity index is 1.47. The summed E-state index contributed by atoms with van der Waals surface area (Å²) in [6, 6.07) is 15.0. The maximum absolute atomic E-state index is 11.1. The van der Waals surface area contributed by atoms with Crippen LogP contribution in [0.4, 0.5) is 5.69 Å². The van der Waals surface area contributed by atoms with Gasteiger partial charge in [-0.05, 0) is 38.1 Å². The Kier molecular flexibility index (Phi) is 4.95. The quantitative estimate of drug-likeness (QED) is 0.512. The summed E-state index contributed by atoms with van der Waals surface area (Å²) < 4.78 is 7.69. The number of carboxylic acid groups (broad SMARTS) is 1. The number of anilines is 1. The molecule has 2 atom stereocenters. The average Bonchev–Trinajstić information content (AvgIpc) is 3.32. The molecule has 1 saturated heterocycles. The van der Waals surface area contributed by atoms with Crippen LogP contribution in [0.1, 0.15) is 24.2 Å². The molecule has 158 valence electrons. The van der Waals surface area contributed by atoms with Gasteiger partial charge in [0.2, 0.25) is 4.96 Å². The van der Waals surface area contributed by atoms with E-state index in [9.17, 15) is 4.79 Å². The molecule has 1 N–H and O–H groups in total. The molecule has 4 aromatic rings. The highest BCUT2D eigenvalue weighted by Crippen LogP contribution is 2.35. The SMILES string of the molecule is CC1CN(c2ccccc2-c2nn3cc(-c4ccc(C(=O)O)cc4)nc3s2)CC(C)O1. The largest absolute Gasteiger partial charge is 0.478 e. The second kappa shape index (κ2) is 7.79. The van der Waals surface area contributed by atoms with E-state index in [1.807, 2.05) is 12.3 Å². The monoisotopic (exact) mass is 434 g/mol. The predicted molar refractivity (Wildman–Crippen MR) is 121 cm³/mol. The van der Waals surface area contributed by atoms with Crippen molar-refractivity contribution in [3.8, 4) is 21.8 Å². The molecule has 2 unspecified atom stereocenters. The molecule has 1 aliphatic rings. The first-order valence-corrected chi connectivity index (χ1v) is 11.0. The summed E-state index contributed by atoms with van der Waals surface area (Å²) in [5, 5.41) is 14.8. The third-order valence-corrected chi connectivity index (χ3v) is 6.32. The average molecular weight is 435 g/mol. The van der Waals surface area contributed by atoms with Gasteiger partial charge in [-0.25, -0.2) is 14.3 Å². The van der Waals surface area contributed by atoms with Crippen LogP contribution in [0, 0.1) is 0 Å². The van der Waals surface area contributed by atoms with Gasteiger partial charge >= 0.3 is 5.97 Å². The van der Waals surface area contributed by atoms with E-state index in [4.69, 9.17) is 19.9 Å². The van der Waals surface area contributed by atoms with E-state index >= 15 is 0 Å². The third kappa shape index (κ3) is 3.80. The van der Waals surface area contributed by atoms with E-state index < -0.39 is 5.97 Å². The lowest BCUT2D eigenvalue weighted by atomic mass is 10.1. The number of ether oxygens (including phenoxy) is 1. The van der Waals surface area contributed by atoms with Crippen LogP contribution in [0.15, 0.2) is 54.7 Å². The predicted octanol–water partition coefficient (Wildman–Crippen LogP) is 4.44. The second-order valence-corrected chi connectivity index (χ2v) is 8.78. The lowest BCUT2D eigenvalue weighted by Gasteiger charge is -2.37. The summed E-state index contributed by atoms with van der Waals surface area (Å²) in [5.41, 5.74) is 4.14. The Labute approximate surface area is 183 Å². The number of aromatic carboxylic acids is 1. The van der Waals surface area contributed by atoms with Crippen molar-refractivity contribution < 1.29 is 14.6 Å². The fraction of sp³-hybridized carbons (Fsp3) is 0.261. The lowest BCUT2D eigenvalue weighted by molar-refractivity contribution is -0.00518. The number of carboxylic acids is 1. The fourth-order valence-electron chi connectivity index (χ4n) is 4.04. The maximum atomic E-state index is 11.1.